The van der Waals surface area contributed by atoms with Crippen LogP contribution in [0.3, 0.4) is 0 Å². The van der Waals surface area contributed by atoms with Gasteiger partial charge in [-0.2, -0.15) is 5.21 Å². The number of nitrogens with one attached hydrogen (secondary N) is 1. The second-order valence-electron chi connectivity index (χ2n) is 4.30. The lowest BCUT2D eigenvalue weighted by atomic mass is 10.0. The fourth-order valence-corrected chi connectivity index (χ4v) is 2.26. The van der Waals surface area contributed by atoms with E-state index in [2.05, 4.69) is 32.8 Å². The Hall–Kier alpha value is -2.24. The molecule has 0 fully saturated rings. The Kier molecular flexibility index (Phi) is 2.76. The van der Waals surface area contributed by atoms with Crippen molar-refractivity contribution in [3.05, 3.63) is 41.2 Å². The molecule has 0 aliphatic carbocycles. The van der Waals surface area contributed by atoms with Gasteiger partial charge < -0.3 is 4.90 Å². The zero-order valence-corrected chi connectivity index (χ0v) is 9.83. The molecule has 1 amide bonds. The molecule has 3 rings (SSSR count). The highest BCUT2D eigenvalue weighted by Crippen LogP contribution is 2.16. The number of tetrazole rings is 1. The van der Waals surface area contributed by atoms with E-state index in [1.165, 1.54) is 11.1 Å². The molecule has 2 heterocycles. The van der Waals surface area contributed by atoms with Gasteiger partial charge in [0.1, 0.15) is 0 Å². The summed E-state index contributed by atoms with van der Waals surface area (Å²) in [6.45, 7) is 1.40. The van der Waals surface area contributed by atoms with Gasteiger partial charge in [-0.15, -0.1) is 10.2 Å². The van der Waals surface area contributed by atoms with Crippen LogP contribution in [-0.4, -0.2) is 44.5 Å². The van der Waals surface area contributed by atoms with Crippen LogP contribution in [0.25, 0.3) is 0 Å². The third kappa shape index (κ3) is 1.97. The predicted molar refractivity (Wildman–Crippen MR) is 63.9 cm³/mol. The number of aromatic nitrogens is 4. The van der Waals surface area contributed by atoms with Crippen LogP contribution in [0.2, 0.25) is 0 Å². The van der Waals surface area contributed by atoms with Crippen molar-refractivity contribution in [1.82, 2.24) is 25.5 Å². The molecule has 0 unspecified atom stereocenters. The quantitative estimate of drug-likeness (QED) is 0.788. The highest BCUT2D eigenvalue weighted by Gasteiger charge is 2.22. The van der Waals surface area contributed by atoms with Crippen LogP contribution in [0.4, 0.5) is 0 Å². The maximum atomic E-state index is 12.1. The van der Waals surface area contributed by atoms with Crippen molar-refractivity contribution < 1.29 is 4.79 Å². The van der Waals surface area contributed by atoms with Crippen LogP contribution >= 0.6 is 0 Å². The molecular formula is C12H13N5O. The van der Waals surface area contributed by atoms with Crippen LogP contribution in [-0.2, 0) is 12.8 Å². The molecule has 0 bridgehead atoms. The number of carbonyl (C=O) groups excluding carboxylic acids is 1. The van der Waals surface area contributed by atoms with E-state index in [0.717, 1.165) is 12.8 Å². The number of hydrogen-bond acceptors (Lipinski definition) is 4. The number of carbonyl (C=O) groups is 1. The molecule has 1 aliphatic rings. The largest absolute Gasteiger partial charge is 0.335 e. The molecule has 1 aromatic heterocycles. The Morgan fingerprint density at radius 1 is 1.17 bits per heavy atom. The lowest BCUT2D eigenvalue weighted by Gasteiger charge is -2.17. The number of H-pyrrole nitrogens is 1. The van der Waals surface area contributed by atoms with Crippen molar-refractivity contribution in [3.63, 3.8) is 0 Å². The molecule has 18 heavy (non-hydrogen) atoms. The predicted octanol–water partition coefficient (Wildman–Crippen LogP) is 0.441. The fourth-order valence-electron chi connectivity index (χ4n) is 2.26. The molecule has 6 heteroatoms. The second kappa shape index (κ2) is 4.56. The molecule has 1 aromatic carbocycles. The first-order chi connectivity index (χ1) is 8.84. The highest BCUT2D eigenvalue weighted by molar-refractivity contribution is 5.90. The van der Waals surface area contributed by atoms with Crippen molar-refractivity contribution in [2.75, 3.05) is 13.1 Å². The number of fused-ring (bicyclic) bond motifs is 1. The fraction of sp³-hybridized carbons (Fsp3) is 0.333. The Morgan fingerprint density at radius 3 is 2.39 bits per heavy atom. The summed E-state index contributed by atoms with van der Waals surface area (Å²) in [4.78, 5) is 13.9. The van der Waals surface area contributed by atoms with E-state index in [1.807, 2.05) is 12.1 Å². The summed E-state index contributed by atoms with van der Waals surface area (Å²) in [6, 6.07) is 8.32. The second-order valence-corrected chi connectivity index (χ2v) is 4.30. The zero-order chi connectivity index (χ0) is 12.4. The van der Waals surface area contributed by atoms with Gasteiger partial charge in [0.05, 0.1) is 0 Å². The van der Waals surface area contributed by atoms with E-state index in [9.17, 15) is 4.79 Å². The zero-order valence-electron chi connectivity index (χ0n) is 9.83. The lowest BCUT2D eigenvalue weighted by molar-refractivity contribution is 0.0751. The van der Waals surface area contributed by atoms with E-state index >= 15 is 0 Å². The summed E-state index contributed by atoms with van der Waals surface area (Å²) in [5, 5.41) is 13.2. The van der Waals surface area contributed by atoms with Crippen LogP contribution in [0.5, 0.6) is 0 Å². The molecule has 0 radical (unpaired) electrons. The number of aromatic amines is 1. The minimum absolute atomic E-state index is 0.140. The number of nitrogens with zero attached hydrogens (tertiary/aromatic N) is 4. The van der Waals surface area contributed by atoms with E-state index < -0.39 is 0 Å². The Balaban J connectivity index is 1.77. The van der Waals surface area contributed by atoms with Crippen LogP contribution in [0.1, 0.15) is 21.7 Å². The number of benzene rings is 1. The molecule has 0 atom stereocenters. The summed E-state index contributed by atoms with van der Waals surface area (Å²) in [5.74, 6) is -0.0162. The normalized spacial score (nSPS) is 15.0. The van der Waals surface area contributed by atoms with Gasteiger partial charge in [0.2, 0.25) is 0 Å². The molecule has 0 spiro atoms. The summed E-state index contributed by atoms with van der Waals surface area (Å²) in [7, 11) is 0. The third-order valence-corrected chi connectivity index (χ3v) is 3.24. The van der Waals surface area contributed by atoms with Crippen molar-refractivity contribution in [2.24, 2.45) is 0 Å². The van der Waals surface area contributed by atoms with Crippen molar-refractivity contribution >= 4 is 5.91 Å². The number of amides is 1. The Bertz CT molecular complexity index is 524. The molecule has 1 N–H and O–H groups in total. The maximum absolute atomic E-state index is 12.1. The average Bonchev–Trinajstić information content (AvgIpc) is 2.85. The molecule has 2 aromatic rings. The van der Waals surface area contributed by atoms with Gasteiger partial charge in [0, 0.05) is 13.1 Å². The average molecular weight is 243 g/mol. The topological polar surface area (TPSA) is 74.8 Å². The van der Waals surface area contributed by atoms with E-state index in [0.29, 0.717) is 13.1 Å². The summed E-state index contributed by atoms with van der Waals surface area (Å²) in [6.07, 6.45) is 1.75. The maximum Gasteiger partial charge on any atom is 0.295 e. The minimum atomic E-state index is -0.156. The van der Waals surface area contributed by atoms with Gasteiger partial charge in [-0.3, -0.25) is 4.79 Å². The highest BCUT2D eigenvalue weighted by atomic mass is 16.2. The first kappa shape index (κ1) is 10.9. The molecule has 92 valence electrons. The van der Waals surface area contributed by atoms with Crippen molar-refractivity contribution in [1.29, 1.82) is 0 Å². The Morgan fingerprint density at radius 2 is 1.83 bits per heavy atom. The number of rotatable bonds is 1. The summed E-state index contributed by atoms with van der Waals surface area (Å²) < 4.78 is 0. The molecule has 0 saturated heterocycles. The van der Waals surface area contributed by atoms with Crippen molar-refractivity contribution in [2.45, 2.75) is 12.8 Å². The van der Waals surface area contributed by atoms with Gasteiger partial charge >= 0.3 is 0 Å². The van der Waals surface area contributed by atoms with E-state index in [-0.39, 0.29) is 11.7 Å². The van der Waals surface area contributed by atoms with E-state index in [1.54, 1.807) is 4.90 Å². The molecular weight excluding hydrogens is 230 g/mol. The molecule has 6 nitrogen and oxygen atoms in total. The van der Waals surface area contributed by atoms with Crippen LogP contribution < -0.4 is 0 Å². The SMILES string of the molecule is O=C(c1nn[nH]n1)N1CCc2ccccc2CC1. The lowest BCUT2D eigenvalue weighted by Crippen LogP contribution is -2.34. The third-order valence-electron chi connectivity index (χ3n) is 3.24. The summed E-state index contributed by atoms with van der Waals surface area (Å²) in [5.41, 5.74) is 2.64. The summed E-state index contributed by atoms with van der Waals surface area (Å²) >= 11 is 0. The minimum Gasteiger partial charge on any atom is -0.335 e. The van der Waals surface area contributed by atoms with Gasteiger partial charge in [0.25, 0.3) is 11.7 Å². The first-order valence-electron chi connectivity index (χ1n) is 5.94. The number of hydrogen-bond donors (Lipinski definition) is 1. The van der Waals surface area contributed by atoms with Gasteiger partial charge in [-0.25, -0.2) is 0 Å². The molecule has 1 aliphatic heterocycles. The van der Waals surface area contributed by atoms with Gasteiger partial charge in [-0.05, 0) is 29.2 Å². The monoisotopic (exact) mass is 243 g/mol. The Labute approximate surface area is 104 Å². The van der Waals surface area contributed by atoms with Gasteiger partial charge in [-0.1, -0.05) is 24.3 Å². The molecule has 0 saturated carbocycles. The smallest absolute Gasteiger partial charge is 0.295 e. The van der Waals surface area contributed by atoms with Gasteiger partial charge in [0.15, 0.2) is 0 Å². The standard InChI is InChI=1S/C12H13N5O/c18-12(11-13-15-16-14-11)17-7-5-9-3-1-2-4-10(9)6-8-17/h1-4H,5-8H2,(H,13,14,15,16). The van der Waals surface area contributed by atoms with Crippen LogP contribution in [0.15, 0.2) is 24.3 Å². The van der Waals surface area contributed by atoms with E-state index in [4.69, 9.17) is 0 Å². The first-order valence-corrected chi connectivity index (χ1v) is 5.94. The van der Waals surface area contributed by atoms with Crippen molar-refractivity contribution in [3.8, 4) is 0 Å². The van der Waals surface area contributed by atoms with Crippen LogP contribution in [0, 0.1) is 0 Å².